The van der Waals surface area contributed by atoms with Crippen LogP contribution in [-0.4, -0.2) is 27.3 Å². The van der Waals surface area contributed by atoms with E-state index >= 15 is 0 Å². The molecule has 1 unspecified atom stereocenters. The molecule has 5 heteroatoms. The Balaban J connectivity index is 2.20. The van der Waals surface area contributed by atoms with Crippen LogP contribution in [0.4, 0.5) is 5.69 Å². The molecule has 2 rings (SSSR count). The third-order valence-electron chi connectivity index (χ3n) is 3.46. The van der Waals surface area contributed by atoms with Gasteiger partial charge in [-0.15, -0.1) is 0 Å². The molecular weight excluding hydrogens is 260 g/mol. The van der Waals surface area contributed by atoms with Crippen LogP contribution in [0.1, 0.15) is 38.3 Å². The van der Waals surface area contributed by atoms with E-state index in [9.17, 15) is 8.42 Å². The number of nitrogens with zero attached hydrogens (tertiary/aromatic N) is 1. The molecular formula is C14H22N2O2S. The van der Waals surface area contributed by atoms with Crippen LogP contribution < -0.4 is 9.62 Å². The molecule has 0 spiro atoms. The summed E-state index contributed by atoms with van der Waals surface area (Å²) in [5.41, 5.74) is 1.92. The van der Waals surface area contributed by atoms with Crippen LogP contribution in [0, 0.1) is 0 Å². The molecule has 0 aliphatic carbocycles. The summed E-state index contributed by atoms with van der Waals surface area (Å²) in [5, 5.41) is 3.42. The SMILES string of the molecule is CCCNC(C)c1cccc(N2CCCS2(=O)=O)c1. The quantitative estimate of drug-likeness (QED) is 0.901. The summed E-state index contributed by atoms with van der Waals surface area (Å²) in [5.74, 6) is 0.265. The maximum absolute atomic E-state index is 11.9. The molecule has 19 heavy (non-hydrogen) atoms. The molecule has 1 fully saturated rings. The van der Waals surface area contributed by atoms with E-state index in [1.54, 1.807) is 0 Å². The van der Waals surface area contributed by atoms with Crippen molar-refractivity contribution in [3.8, 4) is 0 Å². The fraction of sp³-hybridized carbons (Fsp3) is 0.571. The number of hydrogen-bond donors (Lipinski definition) is 1. The van der Waals surface area contributed by atoms with Gasteiger partial charge in [0.2, 0.25) is 10.0 Å². The van der Waals surface area contributed by atoms with E-state index < -0.39 is 10.0 Å². The second-order valence-corrected chi connectivity index (χ2v) is 7.03. The van der Waals surface area contributed by atoms with Crippen molar-refractivity contribution in [3.63, 3.8) is 0 Å². The average Bonchev–Trinajstić information content (AvgIpc) is 2.75. The van der Waals surface area contributed by atoms with Crippen molar-refractivity contribution in [3.05, 3.63) is 29.8 Å². The number of benzene rings is 1. The fourth-order valence-corrected chi connectivity index (χ4v) is 3.91. The van der Waals surface area contributed by atoms with Gasteiger partial charge < -0.3 is 5.32 Å². The maximum Gasteiger partial charge on any atom is 0.235 e. The highest BCUT2D eigenvalue weighted by Crippen LogP contribution is 2.26. The van der Waals surface area contributed by atoms with Crippen molar-refractivity contribution in [1.29, 1.82) is 0 Å². The number of rotatable bonds is 5. The lowest BCUT2D eigenvalue weighted by Gasteiger charge is -2.20. The van der Waals surface area contributed by atoms with Crippen molar-refractivity contribution in [2.45, 2.75) is 32.7 Å². The lowest BCUT2D eigenvalue weighted by atomic mass is 10.1. The zero-order valence-corrected chi connectivity index (χ0v) is 12.4. The molecule has 0 bridgehead atoms. The van der Waals surface area contributed by atoms with Crippen LogP contribution in [0.5, 0.6) is 0 Å². The minimum absolute atomic E-state index is 0.241. The van der Waals surface area contributed by atoms with E-state index in [-0.39, 0.29) is 11.8 Å². The summed E-state index contributed by atoms with van der Waals surface area (Å²) in [6, 6.07) is 8.07. The molecule has 0 amide bonds. The van der Waals surface area contributed by atoms with Gasteiger partial charge in [0.1, 0.15) is 0 Å². The lowest BCUT2D eigenvalue weighted by molar-refractivity contribution is 0.570. The molecule has 0 saturated carbocycles. The number of nitrogens with one attached hydrogen (secondary N) is 1. The molecule has 1 saturated heterocycles. The summed E-state index contributed by atoms with van der Waals surface area (Å²) in [6.45, 7) is 5.80. The van der Waals surface area contributed by atoms with E-state index in [1.165, 1.54) is 4.31 Å². The van der Waals surface area contributed by atoms with E-state index in [0.29, 0.717) is 6.54 Å². The summed E-state index contributed by atoms with van der Waals surface area (Å²) in [7, 11) is -3.09. The Morgan fingerprint density at radius 3 is 2.84 bits per heavy atom. The second-order valence-electron chi connectivity index (χ2n) is 5.01. The smallest absolute Gasteiger partial charge is 0.235 e. The van der Waals surface area contributed by atoms with E-state index in [2.05, 4.69) is 19.2 Å². The third-order valence-corrected chi connectivity index (χ3v) is 5.33. The summed E-state index contributed by atoms with van der Waals surface area (Å²) in [6.07, 6.45) is 1.81. The van der Waals surface area contributed by atoms with Crippen LogP contribution in [0.25, 0.3) is 0 Å². The molecule has 1 atom stereocenters. The van der Waals surface area contributed by atoms with Crippen molar-refractivity contribution >= 4 is 15.7 Å². The van der Waals surface area contributed by atoms with Crippen LogP contribution in [0.15, 0.2) is 24.3 Å². The van der Waals surface area contributed by atoms with Gasteiger partial charge in [-0.25, -0.2) is 8.42 Å². The molecule has 1 heterocycles. The van der Waals surface area contributed by atoms with Crippen molar-refractivity contribution < 1.29 is 8.42 Å². The number of sulfonamides is 1. The monoisotopic (exact) mass is 282 g/mol. The molecule has 1 N–H and O–H groups in total. The normalized spacial score (nSPS) is 19.6. The van der Waals surface area contributed by atoms with Gasteiger partial charge in [0, 0.05) is 12.6 Å². The highest BCUT2D eigenvalue weighted by molar-refractivity contribution is 7.93. The van der Waals surface area contributed by atoms with Crippen LogP contribution >= 0.6 is 0 Å². The highest BCUT2D eigenvalue weighted by atomic mass is 32.2. The van der Waals surface area contributed by atoms with Crippen molar-refractivity contribution in [2.24, 2.45) is 0 Å². The molecule has 1 aromatic rings. The van der Waals surface area contributed by atoms with Crippen LogP contribution in [-0.2, 0) is 10.0 Å². The molecule has 0 aromatic heterocycles. The summed E-state index contributed by atoms with van der Waals surface area (Å²) in [4.78, 5) is 0. The first kappa shape index (κ1) is 14.3. The van der Waals surface area contributed by atoms with Crippen LogP contribution in [0.3, 0.4) is 0 Å². The molecule has 0 radical (unpaired) electrons. The summed E-state index contributed by atoms with van der Waals surface area (Å²) < 4.78 is 25.4. The molecule has 106 valence electrons. The Morgan fingerprint density at radius 1 is 1.42 bits per heavy atom. The Labute approximate surface area is 115 Å². The second kappa shape index (κ2) is 5.92. The van der Waals surface area contributed by atoms with E-state index in [1.807, 2.05) is 24.3 Å². The largest absolute Gasteiger partial charge is 0.310 e. The standard InChI is InChI=1S/C14H22N2O2S/c1-3-8-15-12(2)13-6-4-7-14(11-13)16-9-5-10-19(16,17)18/h4,6-7,11-12,15H,3,5,8-10H2,1-2H3. The highest BCUT2D eigenvalue weighted by Gasteiger charge is 2.28. The zero-order valence-electron chi connectivity index (χ0n) is 11.6. The number of hydrogen-bond acceptors (Lipinski definition) is 3. The fourth-order valence-electron chi connectivity index (χ4n) is 2.36. The van der Waals surface area contributed by atoms with E-state index in [0.717, 1.165) is 30.6 Å². The van der Waals surface area contributed by atoms with E-state index in [4.69, 9.17) is 0 Å². The van der Waals surface area contributed by atoms with Gasteiger partial charge in [0.25, 0.3) is 0 Å². The van der Waals surface area contributed by atoms with Gasteiger partial charge in [-0.2, -0.15) is 0 Å². The van der Waals surface area contributed by atoms with Gasteiger partial charge >= 0.3 is 0 Å². The molecule has 1 aliphatic heterocycles. The zero-order chi connectivity index (χ0) is 13.9. The Morgan fingerprint density at radius 2 is 2.21 bits per heavy atom. The molecule has 1 aromatic carbocycles. The first-order chi connectivity index (χ1) is 9.04. The van der Waals surface area contributed by atoms with Crippen molar-refractivity contribution in [1.82, 2.24) is 5.32 Å². The van der Waals surface area contributed by atoms with Crippen molar-refractivity contribution in [2.75, 3.05) is 23.1 Å². The Bertz CT molecular complexity index is 528. The first-order valence-electron chi connectivity index (χ1n) is 6.88. The predicted octanol–water partition coefficient (Wildman–Crippen LogP) is 2.29. The summed E-state index contributed by atoms with van der Waals surface area (Å²) >= 11 is 0. The third kappa shape index (κ3) is 3.28. The van der Waals surface area contributed by atoms with Gasteiger partial charge in [0.05, 0.1) is 11.4 Å². The van der Waals surface area contributed by atoms with Crippen LogP contribution in [0.2, 0.25) is 0 Å². The van der Waals surface area contributed by atoms with Gasteiger partial charge in [-0.1, -0.05) is 19.1 Å². The average molecular weight is 282 g/mol. The predicted molar refractivity (Wildman–Crippen MR) is 78.9 cm³/mol. The molecule has 1 aliphatic rings. The Kier molecular flexibility index (Phi) is 4.47. The Hall–Kier alpha value is -1.07. The number of anilines is 1. The topological polar surface area (TPSA) is 49.4 Å². The molecule has 4 nitrogen and oxygen atoms in total. The maximum atomic E-state index is 11.9. The first-order valence-corrected chi connectivity index (χ1v) is 8.49. The van der Waals surface area contributed by atoms with Gasteiger partial charge in [0.15, 0.2) is 0 Å². The lowest BCUT2D eigenvalue weighted by Crippen LogP contribution is -2.25. The van der Waals surface area contributed by atoms with Gasteiger partial charge in [-0.05, 0) is 44.0 Å². The minimum Gasteiger partial charge on any atom is -0.310 e. The minimum atomic E-state index is -3.09. The van der Waals surface area contributed by atoms with Gasteiger partial charge in [-0.3, -0.25) is 4.31 Å².